The second-order valence-electron chi connectivity index (χ2n) is 7.12. The maximum atomic E-state index is 6.68. The molecule has 0 aliphatic heterocycles. The van der Waals surface area contributed by atoms with Crippen molar-refractivity contribution in [3.8, 4) is 33.4 Å². The standard InChI is InChI=1S/C26H24N2/c1-17-11-9-10-16-21(17)23-18(2)22(19-12-5-3-6-13-19)24(26(28)25(23)27)20-14-7-4-8-15-20/h3-16H,27-28H2,1-2H3. The SMILES string of the molecule is Cc1ccccc1-c1c(C)c(-c2ccccc2)c(-c2ccccc2)c(N)c1N. The summed E-state index contributed by atoms with van der Waals surface area (Å²) in [4.78, 5) is 0. The third-order valence-corrected chi connectivity index (χ3v) is 5.37. The van der Waals surface area contributed by atoms with E-state index in [-0.39, 0.29) is 0 Å². The van der Waals surface area contributed by atoms with Crippen LogP contribution in [0.5, 0.6) is 0 Å². The molecule has 4 N–H and O–H groups in total. The van der Waals surface area contributed by atoms with Gasteiger partial charge in [-0.1, -0.05) is 84.9 Å². The fourth-order valence-electron chi connectivity index (χ4n) is 3.99. The molecule has 4 rings (SSSR count). The van der Waals surface area contributed by atoms with Gasteiger partial charge in [-0.3, -0.25) is 0 Å². The first kappa shape index (κ1) is 17.9. The van der Waals surface area contributed by atoms with Gasteiger partial charge in [0.1, 0.15) is 0 Å². The van der Waals surface area contributed by atoms with Gasteiger partial charge < -0.3 is 11.5 Å². The molecule has 2 nitrogen and oxygen atoms in total. The second-order valence-corrected chi connectivity index (χ2v) is 7.12. The molecule has 0 aromatic heterocycles. The first-order valence-electron chi connectivity index (χ1n) is 9.48. The van der Waals surface area contributed by atoms with Gasteiger partial charge in [0.05, 0.1) is 11.4 Å². The maximum Gasteiger partial charge on any atom is 0.0640 e. The molecule has 0 amide bonds. The van der Waals surface area contributed by atoms with Gasteiger partial charge in [0.2, 0.25) is 0 Å². The van der Waals surface area contributed by atoms with Crippen LogP contribution in [0.3, 0.4) is 0 Å². The maximum absolute atomic E-state index is 6.68. The summed E-state index contributed by atoms with van der Waals surface area (Å²) >= 11 is 0. The molecule has 4 aromatic carbocycles. The first-order chi connectivity index (χ1) is 13.6. The summed E-state index contributed by atoms with van der Waals surface area (Å²) in [5.74, 6) is 0. The first-order valence-corrected chi connectivity index (χ1v) is 9.48. The number of anilines is 2. The summed E-state index contributed by atoms with van der Waals surface area (Å²) in [6.45, 7) is 4.25. The van der Waals surface area contributed by atoms with E-state index in [1.54, 1.807) is 0 Å². The number of benzene rings is 4. The van der Waals surface area contributed by atoms with Crippen LogP contribution in [0.25, 0.3) is 33.4 Å². The Balaban J connectivity index is 2.14. The molecule has 0 radical (unpaired) electrons. The molecule has 0 spiro atoms. The zero-order chi connectivity index (χ0) is 19.7. The largest absolute Gasteiger partial charge is 0.397 e. The van der Waals surface area contributed by atoms with E-state index in [9.17, 15) is 0 Å². The van der Waals surface area contributed by atoms with Crippen LogP contribution in [0, 0.1) is 13.8 Å². The van der Waals surface area contributed by atoms with E-state index >= 15 is 0 Å². The van der Waals surface area contributed by atoms with Gasteiger partial charge in [-0.15, -0.1) is 0 Å². The minimum Gasteiger partial charge on any atom is -0.397 e. The topological polar surface area (TPSA) is 52.0 Å². The number of rotatable bonds is 3. The molecule has 0 atom stereocenters. The summed E-state index contributed by atoms with van der Waals surface area (Å²) < 4.78 is 0. The predicted octanol–water partition coefficient (Wildman–Crippen LogP) is 6.47. The molecule has 0 saturated heterocycles. The van der Waals surface area contributed by atoms with Gasteiger partial charge in [-0.05, 0) is 47.2 Å². The smallest absolute Gasteiger partial charge is 0.0640 e. The molecular weight excluding hydrogens is 340 g/mol. The molecule has 0 fully saturated rings. The lowest BCUT2D eigenvalue weighted by molar-refractivity contribution is 1.40. The minimum absolute atomic E-state index is 0.633. The normalized spacial score (nSPS) is 10.8. The highest BCUT2D eigenvalue weighted by atomic mass is 14.7. The highest BCUT2D eigenvalue weighted by Gasteiger charge is 2.22. The van der Waals surface area contributed by atoms with Crippen LogP contribution in [-0.4, -0.2) is 0 Å². The monoisotopic (exact) mass is 364 g/mol. The molecule has 28 heavy (non-hydrogen) atoms. The van der Waals surface area contributed by atoms with Crippen LogP contribution in [-0.2, 0) is 0 Å². The van der Waals surface area contributed by atoms with E-state index in [1.165, 1.54) is 5.56 Å². The van der Waals surface area contributed by atoms with Crippen molar-refractivity contribution >= 4 is 11.4 Å². The quantitative estimate of drug-likeness (QED) is 0.409. The van der Waals surface area contributed by atoms with Crippen LogP contribution in [0.15, 0.2) is 84.9 Å². The van der Waals surface area contributed by atoms with E-state index in [1.807, 2.05) is 36.4 Å². The Morgan fingerprint density at radius 2 is 0.964 bits per heavy atom. The summed E-state index contributed by atoms with van der Waals surface area (Å²) in [6.07, 6.45) is 0. The van der Waals surface area contributed by atoms with E-state index in [0.29, 0.717) is 11.4 Å². The van der Waals surface area contributed by atoms with Crippen LogP contribution in [0.2, 0.25) is 0 Å². The summed E-state index contributed by atoms with van der Waals surface area (Å²) in [6, 6.07) is 29.0. The van der Waals surface area contributed by atoms with E-state index in [0.717, 1.165) is 38.9 Å². The van der Waals surface area contributed by atoms with Gasteiger partial charge in [0, 0.05) is 11.1 Å². The van der Waals surface area contributed by atoms with Crippen molar-refractivity contribution in [3.05, 3.63) is 96.1 Å². The average molecular weight is 364 g/mol. The van der Waals surface area contributed by atoms with Gasteiger partial charge in [0.15, 0.2) is 0 Å². The Bertz CT molecular complexity index is 1130. The van der Waals surface area contributed by atoms with Crippen molar-refractivity contribution in [2.24, 2.45) is 0 Å². The van der Waals surface area contributed by atoms with Gasteiger partial charge in [-0.25, -0.2) is 0 Å². The molecule has 2 heteroatoms. The lowest BCUT2D eigenvalue weighted by Gasteiger charge is -2.23. The summed E-state index contributed by atoms with van der Waals surface area (Å²) in [5, 5.41) is 0. The summed E-state index contributed by atoms with van der Waals surface area (Å²) in [7, 11) is 0. The zero-order valence-electron chi connectivity index (χ0n) is 16.2. The van der Waals surface area contributed by atoms with E-state index < -0.39 is 0 Å². The molecule has 0 aliphatic rings. The number of hydrogen-bond donors (Lipinski definition) is 2. The van der Waals surface area contributed by atoms with Crippen molar-refractivity contribution in [1.82, 2.24) is 0 Å². The van der Waals surface area contributed by atoms with Gasteiger partial charge >= 0.3 is 0 Å². The van der Waals surface area contributed by atoms with Crippen LogP contribution in [0.4, 0.5) is 11.4 Å². The highest BCUT2D eigenvalue weighted by molar-refractivity contribution is 6.04. The number of nitrogens with two attached hydrogens (primary N) is 2. The molecule has 0 unspecified atom stereocenters. The van der Waals surface area contributed by atoms with Gasteiger partial charge in [-0.2, -0.15) is 0 Å². The number of hydrogen-bond acceptors (Lipinski definition) is 2. The minimum atomic E-state index is 0.633. The molecule has 4 aromatic rings. The second kappa shape index (κ2) is 7.24. The lowest BCUT2D eigenvalue weighted by atomic mass is 9.83. The van der Waals surface area contributed by atoms with Crippen molar-refractivity contribution in [1.29, 1.82) is 0 Å². The van der Waals surface area contributed by atoms with E-state index in [4.69, 9.17) is 11.5 Å². The number of aryl methyl sites for hydroxylation is 1. The van der Waals surface area contributed by atoms with Crippen molar-refractivity contribution in [3.63, 3.8) is 0 Å². The third kappa shape index (κ3) is 2.93. The fraction of sp³-hybridized carbons (Fsp3) is 0.0769. The predicted molar refractivity (Wildman–Crippen MR) is 121 cm³/mol. The van der Waals surface area contributed by atoms with Crippen molar-refractivity contribution in [2.75, 3.05) is 11.5 Å². The van der Waals surface area contributed by atoms with Crippen LogP contribution in [0.1, 0.15) is 11.1 Å². The average Bonchev–Trinajstić information content (AvgIpc) is 2.73. The molecule has 138 valence electrons. The Labute approximate surface area is 166 Å². The van der Waals surface area contributed by atoms with Crippen molar-refractivity contribution in [2.45, 2.75) is 13.8 Å². The van der Waals surface area contributed by atoms with Crippen LogP contribution >= 0.6 is 0 Å². The Morgan fingerprint density at radius 3 is 1.54 bits per heavy atom. The molecular formula is C26H24N2. The molecule has 0 bridgehead atoms. The van der Waals surface area contributed by atoms with Crippen molar-refractivity contribution < 1.29 is 0 Å². The zero-order valence-corrected chi connectivity index (χ0v) is 16.2. The third-order valence-electron chi connectivity index (χ3n) is 5.37. The summed E-state index contributed by atoms with van der Waals surface area (Å²) in [5.41, 5.74) is 23.4. The highest BCUT2D eigenvalue weighted by Crippen LogP contribution is 2.48. The fourth-order valence-corrected chi connectivity index (χ4v) is 3.99. The van der Waals surface area contributed by atoms with Crippen LogP contribution < -0.4 is 11.5 Å². The Morgan fingerprint density at radius 1 is 0.500 bits per heavy atom. The Kier molecular flexibility index (Phi) is 4.62. The molecule has 0 aliphatic carbocycles. The molecule has 0 heterocycles. The lowest BCUT2D eigenvalue weighted by Crippen LogP contribution is -2.05. The number of nitrogen functional groups attached to an aromatic ring is 2. The van der Waals surface area contributed by atoms with E-state index in [2.05, 4.69) is 62.4 Å². The molecule has 0 saturated carbocycles. The van der Waals surface area contributed by atoms with Gasteiger partial charge in [0.25, 0.3) is 0 Å². The Hall–Kier alpha value is -3.52.